The van der Waals surface area contributed by atoms with E-state index in [0.717, 1.165) is 12.0 Å². The van der Waals surface area contributed by atoms with E-state index < -0.39 is 0 Å². The zero-order chi connectivity index (χ0) is 18.4. The minimum absolute atomic E-state index is 0.199. The lowest BCUT2D eigenvalue weighted by Crippen LogP contribution is -2.30. The molecule has 136 valence electrons. The number of carbonyl (C=O) groups is 1. The summed E-state index contributed by atoms with van der Waals surface area (Å²) in [6, 6.07) is 12.5. The van der Waals surface area contributed by atoms with E-state index in [1.807, 2.05) is 24.3 Å². The molecule has 0 aliphatic rings. The highest BCUT2D eigenvalue weighted by Gasteiger charge is 2.07. The van der Waals surface area contributed by atoms with E-state index in [4.69, 9.17) is 4.74 Å². The number of ether oxygens (including phenoxy) is 1. The average Bonchev–Trinajstić information content (AvgIpc) is 2.95. The number of nitrogens with one attached hydrogen (secondary N) is 2. The van der Waals surface area contributed by atoms with Crippen LogP contribution in [0, 0.1) is 0 Å². The Morgan fingerprint density at radius 3 is 2.92 bits per heavy atom. The van der Waals surface area contributed by atoms with E-state index >= 15 is 0 Å². The molecule has 8 nitrogen and oxygen atoms in total. The van der Waals surface area contributed by atoms with Crippen molar-refractivity contribution >= 4 is 17.4 Å². The molecule has 0 fully saturated rings. The topological polar surface area (TPSA) is 89.7 Å². The lowest BCUT2D eigenvalue weighted by atomic mass is 10.2. The van der Waals surface area contributed by atoms with Gasteiger partial charge in [0.05, 0.1) is 6.54 Å². The number of hydrogen-bond acceptors (Lipinski definition) is 4. The molecule has 8 heteroatoms. The number of anilines is 1. The first-order chi connectivity index (χ1) is 12.7. The Hall–Kier alpha value is -3.13. The molecule has 3 rings (SSSR count). The van der Waals surface area contributed by atoms with Crippen molar-refractivity contribution in [2.24, 2.45) is 0 Å². The molecule has 1 aromatic carbocycles. The third-order valence-electron chi connectivity index (χ3n) is 3.82. The number of benzene rings is 1. The number of fused-ring (bicyclic) bond motifs is 1. The number of carbonyl (C=O) groups excluding carboxylic acids is 1. The predicted octanol–water partition coefficient (Wildman–Crippen LogP) is 1.70. The second-order valence-corrected chi connectivity index (χ2v) is 5.80. The molecule has 0 bridgehead atoms. The van der Waals surface area contributed by atoms with Crippen molar-refractivity contribution in [1.82, 2.24) is 19.5 Å². The van der Waals surface area contributed by atoms with Crippen LogP contribution in [0.5, 0.6) is 0 Å². The smallest absolute Gasteiger partial charge is 0.350 e. The Labute approximate surface area is 150 Å². The van der Waals surface area contributed by atoms with Crippen LogP contribution in [0.3, 0.4) is 0 Å². The van der Waals surface area contributed by atoms with Crippen LogP contribution < -0.4 is 16.3 Å². The molecule has 0 saturated carbocycles. The number of amides is 2. The van der Waals surface area contributed by atoms with Crippen molar-refractivity contribution in [3.8, 4) is 0 Å². The van der Waals surface area contributed by atoms with Crippen LogP contribution in [0.2, 0.25) is 0 Å². The first-order valence-electron chi connectivity index (χ1n) is 8.34. The van der Waals surface area contributed by atoms with Gasteiger partial charge in [-0.2, -0.15) is 0 Å². The summed E-state index contributed by atoms with van der Waals surface area (Å²) < 4.78 is 7.84. The Kier molecular flexibility index (Phi) is 5.65. The zero-order valence-corrected chi connectivity index (χ0v) is 14.5. The van der Waals surface area contributed by atoms with E-state index in [2.05, 4.69) is 15.7 Å². The summed E-state index contributed by atoms with van der Waals surface area (Å²) in [5.74, 6) is 0. The van der Waals surface area contributed by atoms with Gasteiger partial charge in [-0.3, -0.25) is 4.40 Å². The van der Waals surface area contributed by atoms with Crippen LogP contribution in [-0.4, -0.2) is 40.5 Å². The Morgan fingerprint density at radius 2 is 2.12 bits per heavy atom. The van der Waals surface area contributed by atoms with Crippen molar-refractivity contribution in [3.63, 3.8) is 0 Å². The number of aromatic nitrogens is 3. The summed E-state index contributed by atoms with van der Waals surface area (Å²) in [6.07, 6.45) is 2.44. The molecule has 0 unspecified atom stereocenters. The van der Waals surface area contributed by atoms with Gasteiger partial charge in [0.25, 0.3) is 0 Å². The van der Waals surface area contributed by atoms with Gasteiger partial charge < -0.3 is 15.4 Å². The van der Waals surface area contributed by atoms with E-state index in [9.17, 15) is 9.59 Å². The van der Waals surface area contributed by atoms with Gasteiger partial charge in [-0.15, -0.1) is 5.10 Å². The molecule has 2 aromatic heterocycles. The minimum Gasteiger partial charge on any atom is -0.385 e. The van der Waals surface area contributed by atoms with Gasteiger partial charge in [0, 0.05) is 32.1 Å². The van der Waals surface area contributed by atoms with Gasteiger partial charge >= 0.3 is 11.7 Å². The summed E-state index contributed by atoms with van der Waals surface area (Å²) in [4.78, 5) is 24.2. The fraction of sp³-hybridized carbons (Fsp3) is 0.278. The fourth-order valence-electron chi connectivity index (χ4n) is 2.59. The van der Waals surface area contributed by atoms with Crippen LogP contribution in [-0.2, 0) is 11.3 Å². The third-order valence-corrected chi connectivity index (χ3v) is 3.82. The van der Waals surface area contributed by atoms with Crippen molar-refractivity contribution in [3.05, 3.63) is 64.7 Å². The van der Waals surface area contributed by atoms with Crippen LogP contribution in [0.25, 0.3) is 5.65 Å². The maximum absolute atomic E-state index is 12.3. The molecular formula is C18H21N5O3. The summed E-state index contributed by atoms with van der Waals surface area (Å²) >= 11 is 0. The van der Waals surface area contributed by atoms with Gasteiger partial charge in [0.1, 0.15) is 0 Å². The highest BCUT2D eigenvalue weighted by Crippen LogP contribution is 2.11. The molecule has 3 aromatic rings. The molecule has 0 radical (unpaired) electrons. The highest BCUT2D eigenvalue weighted by atomic mass is 16.5. The van der Waals surface area contributed by atoms with Crippen LogP contribution >= 0.6 is 0 Å². The van der Waals surface area contributed by atoms with E-state index in [0.29, 0.717) is 31.0 Å². The molecule has 26 heavy (non-hydrogen) atoms. The van der Waals surface area contributed by atoms with Crippen LogP contribution in [0.15, 0.2) is 53.5 Å². The molecule has 0 saturated heterocycles. The number of urea groups is 1. The van der Waals surface area contributed by atoms with Crippen LogP contribution in [0.1, 0.15) is 12.0 Å². The van der Waals surface area contributed by atoms with E-state index in [1.165, 1.54) is 9.08 Å². The summed E-state index contributed by atoms with van der Waals surface area (Å²) in [7, 11) is 1.62. The van der Waals surface area contributed by atoms with Gasteiger partial charge in [0.2, 0.25) is 0 Å². The normalized spacial score (nSPS) is 10.8. The zero-order valence-electron chi connectivity index (χ0n) is 14.5. The number of rotatable bonds is 7. The first kappa shape index (κ1) is 17.7. The lowest BCUT2D eigenvalue weighted by Gasteiger charge is -2.09. The van der Waals surface area contributed by atoms with E-state index in [1.54, 1.807) is 31.5 Å². The fourth-order valence-corrected chi connectivity index (χ4v) is 2.59. The van der Waals surface area contributed by atoms with Gasteiger partial charge in [-0.1, -0.05) is 18.2 Å². The van der Waals surface area contributed by atoms with Gasteiger partial charge in [-0.25, -0.2) is 14.3 Å². The second kappa shape index (κ2) is 8.30. The number of pyridine rings is 1. The summed E-state index contributed by atoms with van der Waals surface area (Å²) in [6.45, 7) is 1.46. The standard InChI is InChI=1S/C18H21N5O3/c1-26-11-5-9-19-17(24)20-15-7-4-6-14(12-15)13-23-18(25)22-10-3-2-8-16(22)21-23/h2-4,6-8,10,12H,5,9,11,13H2,1H3,(H2,19,20,24). The molecule has 0 atom stereocenters. The van der Waals surface area contributed by atoms with Crippen molar-refractivity contribution < 1.29 is 9.53 Å². The third kappa shape index (κ3) is 4.28. The van der Waals surface area contributed by atoms with Crippen molar-refractivity contribution in [2.45, 2.75) is 13.0 Å². The second-order valence-electron chi connectivity index (χ2n) is 5.80. The highest BCUT2D eigenvalue weighted by molar-refractivity contribution is 5.89. The monoisotopic (exact) mass is 355 g/mol. The van der Waals surface area contributed by atoms with Crippen LogP contribution in [0.4, 0.5) is 10.5 Å². The molecule has 0 spiro atoms. The summed E-state index contributed by atoms with van der Waals surface area (Å²) in [5.41, 5.74) is 1.92. The number of nitrogens with zero attached hydrogens (tertiary/aromatic N) is 3. The summed E-state index contributed by atoms with van der Waals surface area (Å²) in [5, 5.41) is 9.86. The lowest BCUT2D eigenvalue weighted by molar-refractivity contribution is 0.194. The van der Waals surface area contributed by atoms with Crippen molar-refractivity contribution in [1.29, 1.82) is 0 Å². The maximum atomic E-state index is 12.3. The molecular weight excluding hydrogens is 334 g/mol. The van der Waals surface area contributed by atoms with Crippen molar-refractivity contribution in [2.75, 3.05) is 25.6 Å². The maximum Gasteiger partial charge on any atom is 0.350 e. The molecule has 2 heterocycles. The largest absolute Gasteiger partial charge is 0.385 e. The number of hydrogen-bond donors (Lipinski definition) is 2. The first-order valence-corrected chi connectivity index (χ1v) is 8.34. The predicted molar refractivity (Wildman–Crippen MR) is 98.5 cm³/mol. The minimum atomic E-state index is -0.275. The SMILES string of the molecule is COCCCNC(=O)Nc1cccc(Cn2nc3ccccn3c2=O)c1. The molecule has 0 aliphatic heterocycles. The Morgan fingerprint density at radius 1 is 1.23 bits per heavy atom. The molecule has 0 aliphatic carbocycles. The number of methoxy groups -OCH3 is 1. The molecule has 2 N–H and O–H groups in total. The van der Waals surface area contributed by atoms with Gasteiger partial charge in [-0.05, 0) is 36.2 Å². The van der Waals surface area contributed by atoms with E-state index in [-0.39, 0.29) is 11.7 Å². The quantitative estimate of drug-likeness (QED) is 0.631. The van der Waals surface area contributed by atoms with Gasteiger partial charge in [0.15, 0.2) is 5.65 Å². The molecule has 2 amide bonds. The average molecular weight is 355 g/mol. The Balaban J connectivity index is 1.66. The Bertz CT molecular complexity index is 947.